The first kappa shape index (κ1) is 62.1. The van der Waals surface area contributed by atoms with Crippen LogP contribution in [0.3, 0.4) is 0 Å². The number of hydrogen-bond donors (Lipinski definition) is 0. The van der Waals surface area contributed by atoms with Crippen LogP contribution in [0.15, 0.2) is 0 Å². The van der Waals surface area contributed by atoms with Crippen molar-refractivity contribution in [3.8, 4) is 0 Å². The average Bonchev–Trinajstić information content (AvgIpc) is 2.74. The van der Waals surface area contributed by atoms with E-state index in [1.165, 1.54) is 0 Å². The van der Waals surface area contributed by atoms with Crippen LogP contribution in [0.2, 0.25) is 118 Å². The Morgan fingerprint density at radius 3 is 0.458 bits per heavy atom. The van der Waals surface area contributed by atoms with Crippen LogP contribution in [0, 0.1) is 0 Å². The summed E-state index contributed by atoms with van der Waals surface area (Å²) in [4.78, 5) is 34.2. The van der Waals surface area contributed by atoms with Crippen LogP contribution < -0.4 is 0 Å². The Morgan fingerprint density at radius 2 is 0.375 bits per heavy atom. The van der Waals surface area contributed by atoms with Crippen LogP contribution in [0.5, 0.6) is 0 Å². The van der Waals surface area contributed by atoms with Gasteiger partial charge in [-0.1, -0.05) is 167 Å². The van der Waals surface area contributed by atoms with Gasteiger partial charge in [-0.15, -0.1) is 39.3 Å². The van der Waals surface area contributed by atoms with Gasteiger partial charge in [-0.2, -0.15) is 0 Å². The van der Waals surface area contributed by atoms with Gasteiger partial charge in [-0.05, 0) is 39.3 Å². The van der Waals surface area contributed by atoms with E-state index in [1.54, 1.807) is 0 Å². The van der Waals surface area contributed by atoms with Gasteiger partial charge in [0, 0.05) is 37.1 Å². The van der Waals surface area contributed by atoms with E-state index in [4.69, 9.17) is 29.9 Å². The number of rotatable bonds is 24. The first-order valence-corrected chi connectivity index (χ1v) is 37.8. The number of hydrogen-bond acceptors (Lipinski definition) is 2. The molecule has 0 atom stereocenters. The van der Waals surface area contributed by atoms with Crippen molar-refractivity contribution < 1.29 is 48.1 Å². The first-order valence-electron chi connectivity index (χ1n) is 17.1. The fourth-order valence-corrected chi connectivity index (χ4v) is 8.46. The Kier molecular flexibility index (Phi) is 38.1. The van der Waals surface area contributed by atoms with Gasteiger partial charge in [0.15, 0.2) is 0 Å². The van der Waals surface area contributed by atoms with Crippen molar-refractivity contribution in [2.75, 3.05) is 78.5 Å². The minimum atomic E-state index is -1.28. The molecule has 0 saturated heterocycles. The third-order valence-electron chi connectivity index (χ3n) is 6.01. The standard InChI is InChI=1S/2C15H39N4Si3.2O.2V/c2*1-20(2,3)16-10-13-19(14-11-17-21(4,5)6)15-12-18-22(7,8)9;;;;/h2*10-15H2,1-9H3;;;;/q2*-3;2*-2;;. The zero-order chi connectivity index (χ0) is 34.9. The molecule has 0 rings (SSSR count). The summed E-state index contributed by atoms with van der Waals surface area (Å²) in [7, 11) is -7.69. The second-order valence-electron chi connectivity index (χ2n) is 18.0. The van der Waals surface area contributed by atoms with Crippen LogP contribution in [0.4, 0.5) is 0 Å². The molecular formula is C30H78N8O2Si6V2-10. The van der Waals surface area contributed by atoms with E-state index in [-0.39, 0.29) is 48.1 Å². The van der Waals surface area contributed by atoms with E-state index in [0.29, 0.717) is 0 Å². The van der Waals surface area contributed by atoms with Crippen molar-refractivity contribution in [2.24, 2.45) is 0 Å². The molecule has 0 heterocycles. The van der Waals surface area contributed by atoms with Gasteiger partial charge in [-0.25, -0.2) is 0 Å². The van der Waals surface area contributed by atoms with Crippen LogP contribution in [-0.4, -0.2) is 138 Å². The summed E-state index contributed by atoms with van der Waals surface area (Å²) in [6, 6.07) is 0. The summed E-state index contributed by atoms with van der Waals surface area (Å²) in [5.74, 6) is 0. The molecule has 0 aliphatic heterocycles. The van der Waals surface area contributed by atoms with E-state index < -0.39 is 49.4 Å². The summed E-state index contributed by atoms with van der Waals surface area (Å²) in [6.45, 7) is 53.7. The van der Waals surface area contributed by atoms with E-state index in [2.05, 4.69) is 128 Å². The number of nitrogens with zero attached hydrogens (tertiary/aromatic N) is 8. The van der Waals surface area contributed by atoms with Gasteiger partial charge >= 0.3 is 0 Å². The second kappa shape index (κ2) is 29.4. The normalized spacial score (nSPS) is 12.8. The minimum Gasteiger partial charge on any atom is -2.00 e. The molecule has 0 aliphatic rings. The Balaban J connectivity index is -0.000000170. The molecule has 0 N–H and O–H groups in total. The minimum absolute atomic E-state index is 0. The first-order chi connectivity index (χ1) is 19.6. The van der Waals surface area contributed by atoms with Crippen LogP contribution in [0.25, 0.3) is 29.9 Å². The van der Waals surface area contributed by atoms with Gasteiger partial charge in [-0.3, -0.25) is 0 Å². The van der Waals surface area contributed by atoms with E-state index in [0.717, 1.165) is 78.5 Å². The zero-order valence-corrected chi connectivity index (χ0v) is 43.6. The van der Waals surface area contributed by atoms with Crippen molar-refractivity contribution in [2.45, 2.75) is 118 Å². The molecule has 0 aromatic heterocycles. The topological polar surface area (TPSA) is 148 Å². The molecule has 48 heavy (non-hydrogen) atoms. The van der Waals surface area contributed by atoms with Crippen LogP contribution in [0.1, 0.15) is 0 Å². The third kappa shape index (κ3) is 54.8. The molecule has 0 unspecified atom stereocenters. The Bertz CT molecular complexity index is 574. The summed E-state index contributed by atoms with van der Waals surface area (Å²) in [5.41, 5.74) is 0. The second-order valence-corrected chi connectivity index (χ2v) is 45.9. The van der Waals surface area contributed by atoms with Gasteiger partial charge in [0.1, 0.15) is 0 Å². The zero-order valence-electron chi connectivity index (χ0n) is 34.8. The average molecular weight is 853 g/mol. The Hall–Kier alpha value is 2.07. The van der Waals surface area contributed by atoms with Gasteiger partial charge in [0.05, 0.1) is 0 Å². The summed E-state index contributed by atoms with van der Waals surface area (Å²) >= 11 is 0. The molecule has 0 bridgehead atoms. The third-order valence-corrected chi connectivity index (χ3v) is 13.0. The van der Waals surface area contributed by atoms with E-state index in [1.807, 2.05) is 0 Å². The SMILES string of the molecule is C[Si](C)(C)[N-]CCN(CC[N-][Si](C)(C)C)CC[N-][Si](C)(C)C.C[Si](C)(C)[N-]CCN(CC[N-][Si](C)(C)C)CC[N-][Si](C)(C)C.[O-2].[O-2].[V].[V]. The molecular weight excluding hydrogens is 775 g/mol. The quantitative estimate of drug-likeness (QED) is 0.0890. The predicted octanol–water partition coefficient (Wildman–Crippen LogP) is 9.59. The van der Waals surface area contributed by atoms with Crippen molar-refractivity contribution in [1.29, 1.82) is 0 Å². The summed E-state index contributed by atoms with van der Waals surface area (Å²) in [6.07, 6.45) is 0. The Morgan fingerprint density at radius 1 is 0.271 bits per heavy atom. The molecule has 0 amide bonds. The molecule has 0 spiro atoms. The molecule has 0 saturated carbocycles. The molecule has 0 aliphatic carbocycles. The molecule has 0 fully saturated rings. The van der Waals surface area contributed by atoms with Crippen LogP contribution >= 0.6 is 0 Å². The fraction of sp³-hybridized carbons (Fsp3) is 1.00. The van der Waals surface area contributed by atoms with E-state index in [9.17, 15) is 0 Å². The molecule has 0 aromatic carbocycles. The van der Waals surface area contributed by atoms with E-state index >= 15 is 0 Å². The van der Waals surface area contributed by atoms with Crippen molar-refractivity contribution in [3.05, 3.63) is 29.9 Å². The fourth-order valence-electron chi connectivity index (χ4n) is 3.83. The maximum atomic E-state index is 4.86. The van der Waals surface area contributed by atoms with Gasteiger partial charge < -0.3 is 50.6 Å². The molecule has 10 nitrogen and oxygen atoms in total. The molecule has 18 heteroatoms. The predicted molar refractivity (Wildman–Crippen MR) is 224 cm³/mol. The summed E-state index contributed by atoms with van der Waals surface area (Å²) < 4.78 is 0. The van der Waals surface area contributed by atoms with Crippen LogP contribution in [-0.2, 0) is 48.1 Å². The van der Waals surface area contributed by atoms with Gasteiger partial charge in [0.2, 0.25) is 0 Å². The van der Waals surface area contributed by atoms with Gasteiger partial charge in [0.25, 0.3) is 0 Å². The maximum Gasteiger partial charge on any atom is 0 e. The largest absolute Gasteiger partial charge is 2.00 e. The monoisotopic (exact) mass is 852 g/mol. The Labute approximate surface area is 331 Å². The van der Waals surface area contributed by atoms with Crippen molar-refractivity contribution >= 4 is 49.4 Å². The van der Waals surface area contributed by atoms with Crippen molar-refractivity contribution in [3.63, 3.8) is 0 Å². The molecule has 0 aromatic rings. The summed E-state index contributed by atoms with van der Waals surface area (Å²) in [5, 5.41) is 0. The van der Waals surface area contributed by atoms with Crippen molar-refractivity contribution in [1.82, 2.24) is 9.80 Å². The maximum absolute atomic E-state index is 4.86. The molecule has 294 valence electrons. The molecule has 2 radical (unpaired) electrons. The smallest absolute Gasteiger partial charge is 0 e.